The molecule has 0 aliphatic heterocycles. The van der Waals surface area contributed by atoms with Gasteiger partial charge in [-0.25, -0.2) is 9.48 Å². The molecule has 30 heavy (non-hydrogen) atoms. The van der Waals surface area contributed by atoms with E-state index in [0.717, 1.165) is 11.3 Å². The van der Waals surface area contributed by atoms with Crippen LogP contribution < -0.4 is 0 Å². The number of carbonyl (C=O) groups excluding carboxylic acids is 2. The Morgan fingerprint density at radius 1 is 0.967 bits per heavy atom. The minimum atomic E-state index is -0.626. The predicted molar refractivity (Wildman–Crippen MR) is 116 cm³/mol. The second-order valence-corrected chi connectivity index (χ2v) is 6.48. The number of aromatic nitrogens is 2. The van der Waals surface area contributed by atoms with E-state index in [1.165, 1.54) is 9.58 Å². The lowest BCUT2D eigenvalue weighted by Crippen LogP contribution is -2.35. The second-order valence-electron chi connectivity index (χ2n) is 6.48. The van der Waals surface area contributed by atoms with Gasteiger partial charge < -0.3 is 9.64 Å². The largest absolute Gasteiger partial charge is 0.451 e. The normalized spacial score (nSPS) is 10.3. The molecule has 0 spiro atoms. The third-order valence-electron chi connectivity index (χ3n) is 4.37. The summed E-state index contributed by atoms with van der Waals surface area (Å²) in [5.74, 6) is -0.948. The van der Waals surface area contributed by atoms with E-state index < -0.39 is 5.97 Å². The van der Waals surface area contributed by atoms with Crippen molar-refractivity contribution >= 4 is 11.9 Å². The number of para-hydroxylation sites is 1. The van der Waals surface area contributed by atoms with Crippen molar-refractivity contribution in [2.45, 2.75) is 0 Å². The van der Waals surface area contributed by atoms with Crippen LogP contribution in [0.1, 0.15) is 10.5 Å². The lowest BCUT2D eigenvalue weighted by atomic mass is 10.1. The third kappa shape index (κ3) is 4.91. The van der Waals surface area contributed by atoms with Crippen LogP contribution in [0.25, 0.3) is 16.9 Å². The highest BCUT2D eigenvalue weighted by Gasteiger charge is 2.21. The van der Waals surface area contributed by atoms with Gasteiger partial charge in [0.05, 0.1) is 11.4 Å². The van der Waals surface area contributed by atoms with Crippen LogP contribution in [0.5, 0.6) is 0 Å². The van der Waals surface area contributed by atoms with Crippen molar-refractivity contribution in [1.29, 1.82) is 0 Å². The van der Waals surface area contributed by atoms with Crippen molar-refractivity contribution in [3.8, 4) is 16.9 Å². The summed E-state index contributed by atoms with van der Waals surface area (Å²) in [4.78, 5) is 26.7. The molecule has 0 fully saturated rings. The summed E-state index contributed by atoms with van der Waals surface area (Å²) in [7, 11) is 0. The SMILES string of the molecule is C=CCN(CC=C)C(=O)COC(=O)c1cc(-c2ccccc2)nn1-c1ccccc1. The van der Waals surface area contributed by atoms with Gasteiger partial charge in [-0.05, 0) is 18.2 Å². The van der Waals surface area contributed by atoms with Gasteiger partial charge in [-0.1, -0.05) is 60.7 Å². The first-order chi connectivity index (χ1) is 14.6. The topological polar surface area (TPSA) is 64.4 Å². The molecule has 3 aromatic rings. The summed E-state index contributed by atoms with van der Waals surface area (Å²) < 4.78 is 6.84. The summed E-state index contributed by atoms with van der Waals surface area (Å²) in [5.41, 5.74) is 2.47. The van der Waals surface area contributed by atoms with Crippen LogP contribution in [-0.2, 0) is 9.53 Å². The summed E-state index contributed by atoms with van der Waals surface area (Å²) in [6, 6.07) is 20.5. The highest BCUT2D eigenvalue weighted by atomic mass is 16.5. The molecular formula is C24H23N3O3. The zero-order valence-corrected chi connectivity index (χ0v) is 16.6. The van der Waals surface area contributed by atoms with Crippen LogP contribution in [0, 0.1) is 0 Å². The highest BCUT2D eigenvalue weighted by Crippen LogP contribution is 2.22. The molecule has 3 rings (SSSR count). The van der Waals surface area contributed by atoms with Crippen LogP contribution >= 0.6 is 0 Å². The van der Waals surface area contributed by atoms with Crippen molar-refractivity contribution < 1.29 is 14.3 Å². The van der Waals surface area contributed by atoms with E-state index in [-0.39, 0.29) is 18.2 Å². The molecule has 0 bridgehead atoms. The highest BCUT2D eigenvalue weighted by molar-refractivity contribution is 5.91. The summed E-state index contributed by atoms with van der Waals surface area (Å²) in [6.45, 7) is 7.60. The summed E-state index contributed by atoms with van der Waals surface area (Å²) in [6.07, 6.45) is 3.22. The lowest BCUT2D eigenvalue weighted by molar-refractivity contribution is -0.133. The molecule has 1 amide bonds. The van der Waals surface area contributed by atoms with Gasteiger partial charge in [-0.3, -0.25) is 4.79 Å². The Labute approximate surface area is 175 Å². The molecule has 0 unspecified atom stereocenters. The van der Waals surface area contributed by atoms with Gasteiger partial charge in [0.1, 0.15) is 0 Å². The molecule has 152 valence electrons. The van der Waals surface area contributed by atoms with Gasteiger partial charge in [0.25, 0.3) is 5.91 Å². The molecule has 6 heteroatoms. The predicted octanol–water partition coefficient (Wildman–Crippen LogP) is 3.90. The maximum atomic E-state index is 12.8. The number of rotatable bonds is 9. The van der Waals surface area contributed by atoms with Crippen molar-refractivity contribution in [1.82, 2.24) is 14.7 Å². The monoisotopic (exact) mass is 401 g/mol. The number of benzene rings is 2. The van der Waals surface area contributed by atoms with Crippen LogP contribution in [-0.4, -0.2) is 46.3 Å². The first kappa shape index (κ1) is 20.8. The number of carbonyl (C=O) groups is 2. The fraction of sp³-hybridized carbons (Fsp3) is 0.125. The number of nitrogens with zero attached hydrogens (tertiary/aromatic N) is 3. The standard InChI is InChI=1S/C24H23N3O3/c1-3-15-26(16-4-2)23(28)18-30-24(29)22-17-21(19-11-7-5-8-12-19)25-27(22)20-13-9-6-10-14-20/h3-14,17H,1-2,15-16,18H2. The van der Waals surface area contributed by atoms with E-state index in [4.69, 9.17) is 4.74 Å². The molecular weight excluding hydrogens is 378 g/mol. The van der Waals surface area contributed by atoms with Crippen LogP contribution in [0.15, 0.2) is 92.0 Å². The molecule has 0 N–H and O–H groups in total. The molecule has 0 saturated heterocycles. The average molecular weight is 401 g/mol. The zero-order chi connectivity index (χ0) is 21.3. The van der Waals surface area contributed by atoms with E-state index in [9.17, 15) is 9.59 Å². The maximum Gasteiger partial charge on any atom is 0.357 e. The van der Waals surface area contributed by atoms with Crippen molar-refractivity contribution in [2.24, 2.45) is 0 Å². The second kappa shape index (κ2) is 10.0. The summed E-state index contributed by atoms with van der Waals surface area (Å²) >= 11 is 0. The molecule has 2 aromatic carbocycles. The van der Waals surface area contributed by atoms with E-state index in [1.807, 2.05) is 60.7 Å². The number of amides is 1. The first-order valence-corrected chi connectivity index (χ1v) is 9.51. The Bertz CT molecular complexity index is 1020. The molecule has 1 aromatic heterocycles. The lowest BCUT2D eigenvalue weighted by Gasteiger charge is -2.19. The van der Waals surface area contributed by atoms with Crippen molar-refractivity contribution in [3.63, 3.8) is 0 Å². The van der Waals surface area contributed by atoms with E-state index >= 15 is 0 Å². The van der Waals surface area contributed by atoms with Gasteiger partial charge in [0.15, 0.2) is 12.3 Å². The zero-order valence-electron chi connectivity index (χ0n) is 16.6. The molecule has 1 heterocycles. The van der Waals surface area contributed by atoms with Gasteiger partial charge in [-0.2, -0.15) is 5.10 Å². The minimum absolute atomic E-state index is 0.242. The summed E-state index contributed by atoms with van der Waals surface area (Å²) in [5, 5.41) is 4.59. The van der Waals surface area contributed by atoms with E-state index in [0.29, 0.717) is 18.8 Å². The Hall–Kier alpha value is -3.93. The van der Waals surface area contributed by atoms with Gasteiger partial charge in [0.2, 0.25) is 0 Å². The Kier molecular flexibility index (Phi) is 6.95. The number of ether oxygens (including phenoxy) is 1. The van der Waals surface area contributed by atoms with Gasteiger partial charge in [0, 0.05) is 18.7 Å². The average Bonchev–Trinajstić information content (AvgIpc) is 3.24. The number of hydrogen-bond donors (Lipinski definition) is 0. The minimum Gasteiger partial charge on any atom is -0.451 e. The quantitative estimate of drug-likeness (QED) is 0.403. The Morgan fingerprint density at radius 2 is 1.57 bits per heavy atom. The molecule has 0 aliphatic rings. The fourth-order valence-electron chi connectivity index (χ4n) is 2.92. The van der Waals surface area contributed by atoms with Gasteiger partial charge >= 0.3 is 5.97 Å². The Balaban J connectivity index is 1.85. The van der Waals surface area contributed by atoms with Gasteiger partial charge in [-0.15, -0.1) is 13.2 Å². The van der Waals surface area contributed by atoms with E-state index in [2.05, 4.69) is 18.3 Å². The number of hydrogen-bond acceptors (Lipinski definition) is 4. The fourth-order valence-corrected chi connectivity index (χ4v) is 2.92. The van der Waals surface area contributed by atoms with Crippen LogP contribution in [0.4, 0.5) is 0 Å². The van der Waals surface area contributed by atoms with Crippen LogP contribution in [0.2, 0.25) is 0 Å². The molecule has 0 aliphatic carbocycles. The number of esters is 1. The third-order valence-corrected chi connectivity index (χ3v) is 4.37. The molecule has 6 nitrogen and oxygen atoms in total. The molecule has 0 atom stereocenters. The smallest absolute Gasteiger partial charge is 0.357 e. The first-order valence-electron chi connectivity index (χ1n) is 9.51. The van der Waals surface area contributed by atoms with E-state index in [1.54, 1.807) is 18.2 Å². The molecule has 0 radical (unpaired) electrons. The molecule has 0 saturated carbocycles. The van der Waals surface area contributed by atoms with Crippen molar-refractivity contribution in [3.05, 3.63) is 97.7 Å². The van der Waals surface area contributed by atoms with Crippen LogP contribution in [0.3, 0.4) is 0 Å². The van der Waals surface area contributed by atoms with Crippen molar-refractivity contribution in [2.75, 3.05) is 19.7 Å². The Morgan fingerprint density at radius 3 is 2.17 bits per heavy atom. The maximum absolute atomic E-state index is 12.8.